The van der Waals surface area contributed by atoms with Crippen molar-refractivity contribution in [3.05, 3.63) is 58.9 Å². The molecule has 2 aliphatic rings. The molecular formula is C28H35F3O3. The fourth-order valence-corrected chi connectivity index (χ4v) is 5.56. The summed E-state index contributed by atoms with van der Waals surface area (Å²) in [5.74, 6) is -0.492. The Morgan fingerprint density at radius 1 is 0.765 bits per heavy atom. The number of aliphatic hydroxyl groups is 1. The molecule has 1 N–H and O–H groups in total. The van der Waals surface area contributed by atoms with Crippen molar-refractivity contribution < 1.29 is 27.8 Å². The molecule has 0 aromatic heterocycles. The molecule has 2 aromatic rings. The molecule has 0 saturated heterocycles. The molecule has 0 spiro atoms. The van der Waals surface area contributed by atoms with Gasteiger partial charge in [0.15, 0.2) is 23.2 Å². The van der Waals surface area contributed by atoms with E-state index in [0.717, 1.165) is 51.4 Å². The fraction of sp³-hybridized carbons (Fsp3) is 0.571. The second kappa shape index (κ2) is 11.5. The first kappa shape index (κ1) is 24.9. The quantitative estimate of drug-likeness (QED) is 0.441. The lowest BCUT2D eigenvalue weighted by Gasteiger charge is -2.30. The van der Waals surface area contributed by atoms with E-state index in [1.165, 1.54) is 6.07 Å². The fourth-order valence-electron chi connectivity index (χ4n) is 5.56. The van der Waals surface area contributed by atoms with Gasteiger partial charge in [0.1, 0.15) is 5.75 Å². The van der Waals surface area contributed by atoms with Crippen LogP contribution in [0.3, 0.4) is 0 Å². The highest BCUT2D eigenvalue weighted by Gasteiger charge is 2.29. The van der Waals surface area contributed by atoms with E-state index in [1.807, 2.05) is 0 Å². The molecule has 0 bridgehead atoms. The number of hydrogen-bond acceptors (Lipinski definition) is 3. The third-order valence-electron chi connectivity index (χ3n) is 7.66. The Bertz CT molecular complexity index is 948. The lowest BCUT2D eigenvalue weighted by Crippen LogP contribution is -2.21. The van der Waals surface area contributed by atoms with Crippen LogP contribution in [-0.4, -0.2) is 24.9 Å². The van der Waals surface area contributed by atoms with Crippen LogP contribution in [0.1, 0.15) is 81.3 Å². The van der Waals surface area contributed by atoms with Crippen molar-refractivity contribution in [3.8, 4) is 11.5 Å². The SMILES string of the molecule is CCOc1ccc(OCC2CCC(c3ccc(C4CCC(CO)CC4)c(F)c3F)CC2)cc1F. The Kier molecular flexibility index (Phi) is 8.41. The molecule has 0 unspecified atom stereocenters. The highest BCUT2D eigenvalue weighted by atomic mass is 19.2. The molecular weight excluding hydrogens is 441 g/mol. The smallest absolute Gasteiger partial charge is 0.168 e. The van der Waals surface area contributed by atoms with Gasteiger partial charge in [-0.1, -0.05) is 12.1 Å². The molecule has 3 nitrogen and oxygen atoms in total. The van der Waals surface area contributed by atoms with Crippen molar-refractivity contribution in [2.75, 3.05) is 19.8 Å². The van der Waals surface area contributed by atoms with Crippen LogP contribution in [0.4, 0.5) is 13.2 Å². The van der Waals surface area contributed by atoms with E-state index in [9.17, 15) is 13.9 Å². The first-order chi connectivity index (χ1) is 16.5. The van der Waals surface area contributed by atoms with E-state index < -0.39 is 17.5 Å². The average Bonchev–Trinajstić information content (AvgIpc) is 2.86. The zero-order valence-corrected chi connectivity index (χ0v) is 19.9. The highest BCUT2D eigenvalue weighted by molar-refractivity contribution is 5.33. The van der Waals surface area contributed by atoms with Gasteiger partial charge in [0.25, 0.3) is 0 Å². The second-order valence-corrected chi connectivity index (χ2v) is 9.83. The summed E-state index contributed by atoms with van der Waals surface area (Å²) in [6.45, 7) is 2.86. The van der Waals surface area contributed by atoms with Gasteiger partial charge < -0.3 is 14.6 Å². The topological polar surface area (TPSA) is 38.7 Å². The zero-order valence-electron chi connectivity index (χ0n) is 19.9. The van der Waals surface area contributed by atoms with Crippen LogP contribution in [0.15, 0.2) is 30.3 Å². The Hall–Kier alpha value is -2.21. The normalized spacial score (nSPS) is 25.2. The third kappa shape index (κ3) is 5.70. The zero-order chi connectivity index (χ0) is 24.1. The third-order valence-corrected chi connectivity index (χ3v) is 7.66. The van der Waals surface area contributed by atoms with Crippen molar-refractivity contribution in [1.82, 2.24) is 0 Å². The maximum Gasteiger partial charge on any atom is 0.168 e. The van der Waals surface area contributed by atoms with Crippen LogP contribution >= 0.6 is 0 Å². The summed E-state index contributed by atoms with van der Waals surface area (Å²) >= 11 is 0. The standard InChI is InChI=1S/C28H35F3O3/c1-2-33-26-14-11-22(15-25(26)29)34-17-19-5-9-21(10-6-19)24-13-12-23(27(30)28(24)31)20-7-3-18(16-32)4-8-20/h11-15,18-21,32H,2-10,16-17H2,1H3. The van der Waals surface area contributed by atoms with E-state index >= 15 is 4.39 Å². The number of hydrogen-bond donors (Lipinski definition) is 1. The van der Waals surface area contributed by atoms with Crippen LogP contribution < -0.4 is 9.47 Å². The maximum atomic E-state index is 15.1. The van der Waals surface area contributed by atoms with Crippen LogP contribution in [-0.2, 0) is 0 Å². The van der Waals surface area contributed by atoms with Crippen molar-refractivity contribution in [2.24, 2.45) is 11.8 Å². The molecule has 0 atom stereocenters. The van der Waals surface area contributed by atoms with E-state index in [1.54, 1.807) is 31.2 Å². The molecule has 34 heavy (non-hydrogen) atoms. The molecule has 0 aliphatic heterocycles. The van der Waals surface area contributed by atoms with Gasteiger partial charge in [-0.3, -0.25) is 0 Å². The number of rotatable bonds is 8. The van der Waals surface area contributed by atoms with E-state index in [2.05, 4.69) is 0 Å². The second-order valence-electron chi connectivity index (χ2n) is 9.83. The molecule has 2 saturated carbocycles. The van der Waals surface area contributed by atoms with E-state index in [-0.39, 0.29) is 30.1 Å². The predicted octanol–water partition coefficient (Wildman–Crippen LogP) is 7.12. The van der Waals surface area contributed by atoms with Crippen LogP contribution in [0.2, 0.25) is 0 Å². The molecule has 2 fully saturated rings. The largest absolute Gasteiger partial charge is 0.493 e. The molecule has 186 valence electrons. The van der Waals surface area contributed by atoms with Gasteiger partial charge in [-0.2, -0.15) is 0 Å². The first-order valence-corrected chi connectivity index (χ1v) is 12.6. The monoisotopic (exact) mass is 476 g/mol. The Labute approximate surface area is 200 Å². The Morgan fingerprint density at radius 3 is 1.82 bits per heavy atom. The lowest BCUT2D eigenvalue weighted by molar-refractivity contribution is 0.181. The summed E-state index contributed by atoms with van der Waals surface area (Å²) < 4.78 is 55.1. The van der Waals surface area contributed by atoms with Crippen LogP contribution in [0.25, 0.3) is 0 Å². The molecule has 0 radical (unpaired) electrons. The summed E-state index contributed by atoms with van der Waals surface area (Å²) in [6, 6.07) is 8.19. The van der Waals surface area contributed by atoms with Gasteiger partial charge in [-0.15, -0.1) is 0 Å². The lowest BCUT2D eigenvalue weighted by atomic mass is 9.76. The highest BCUT2D eigenvalue weighted by Crippen LogP contribution is 2.41. The minimum absolute atomic E-state index is 0.00726. The molecule has 0 heterocycles. The maximum absolute atomic E-state index is 15.1. The van der Waals surface area contributed by atoms with Crippen molar-refractivity contribution in [1.29, 1.82) is 0 Å². The molecule has 2 aliphatic carbocycles. The minimum Gasteiger partial charge on any atom is -0.493 e. The van der Waals surface area contributed by atoms with Gasteiger partial charge in [0.05, 0.1) is 13.2 Å². The summed E-state index contributed by atoms with van der Waals surface area (Å²) in [6.07, 6.45) is 6.59. The number of aliphatic hydroxyl groups excluding tert-OH is 1. The first-order valence-electron chi connectivity index (χ1n) is 12.6. The molecule has 0 amide bonds. The Morgan fingerprint density at radius 2 is 1.32 bits per heavy atom. The number of ether oxygens (including phenoxy) is 2. The Balaban J connectivity index is 1.31. The molecule has 4 rings (SSSR count). The summed E-state index contributed by atoms with van der Waals surface area (Å²) in [5, 5.41) is 9.31. The summed E-state index contributed by atoms with van der Waals surface area (Å²) in [4.78, 5) is 0. The van der Waals surface area contributed by atoms with Crippen LogP contribution in [0.5, 0.6) is 11.5 Å². The minimum atomic E-state index is -0.689. The van der Waals surface area contributed by atoms with Gasteiger partial charge in [0, 0.05) is 12.7 Å². The van der Waals surface area contributed by atoms with Crippen molar-refractivity contribution >= 4 is 0 Å². The number of benzene rings is 2. The van der Waals surface area contributed by atoms with Gasteiger partial charge in [0.2, 0.25) is 0 Å². The van der Waals surface area contributed by atoms with Gasteiger partial charge >= 0.3 is 0 Å². The van der Waals surface area contributed by atoms with Crippen molar-refractivity contribution in [3.63, 3.8) is 0 Å². The summed E-state index contributed by atoms with van der Waals surface area (Å²) in [7, 11) is 0. The predicted molar refractivity (Wildman–Crippen MR) is 126 cm³/mol. The molecule has 6 heteroatoms. The summed E-state index contributed by atoms with van der Waals surface area (Å²) in [5.41, 5.74) is 0.973. The average molecular weight is 477 g/mol. The van der Waals surface area contributed by atoms with Crippen molar-refractivity contribution in [2.45, 2.75) is 70.1 Å². The van der Waals surface area contributed by atoms with Gasteiger partial charge in [-0.05, 0) is 105 Å². The van der Waals surface area contributed by atoms with Crippen LogP contribution in [0, 0.1) is 29.3 Å². The van der Waals surface area contributed by atoms with E-state index in [0.29, 0.717) is 36.0 Å². The molecule has 2 aromatic carbocycles. The van der Waals surface area contributed by atoms with Gasteiger partial charge in [-0.25, -0.2) is 13.2 Å². The van der Waals surface area contributed by atoms with E-state index in [4.69, 9.17) is 9.47 Å². The number of halogens is 3.